The maximum Gasteiger partial charge on any atom is 0.251 e. The van der Waals surface area contributed by atoms with E-state index in [-0.39, 0.29) is 5.75 Å². The maximum atomic E-state index is 9.67. The molecule has 0 unspecified atom stereocenters. The molecule has 3 rings (SSSR count). The zero-order valence-electron chi connectivity index (χ0n) is 8.28. The zero-order chi connectivity index (χ0) is 11.0. The van der Waals surface area contributed by atoms with Crippen LogP contribution in [0.15, 0.2) is 42.9 Å². The average Bonchev–Trinajstić information content (AvgIpc) is 2.83. The Bertz CT molecular complexity index is 634. The molecule has 2 aromatic heterocycles. The van der Waals surface area contributed by atoms with Crippen LogP contribution in [0.3, 0.4) is 0 Å². The topological polar surface area (TPSA) is 63.8 Å². The lowest BCUT2D eigenvalue weighted by Gasteiger charge is -2.02. The molecule has 0 aliphatic carbocycles. The molecule has 0 saturated carbocycles. The van der Waals surface area contributed by atoms with Crippen molar-refractivity contribution in [1.29, 1.82) is 0 Å². The predicted octanol–water partition coefficient (Wildman–Crippen LogP) is 1.52. The molecular formula is C11H8N4O. The number of fused-ring (bicyclic) bond motifs is 1. The third-order valence-corrected chi connectivity index (χ3v) is 2.29. The lowest BCUT2D eigenvalue weighted by molar-refractivity contribution is 0.480. The van der Waals surface area contributed by atoms with E-state index in [0.29, 0.717) is 11.5 Å². The molecule has 0 saturated heterocycles. The Morgan fingerprint density at radius 3 is 2.94 bits per heavy atom. The van der Waals surface area contributed by atoms with Crippen molar-refractivity contribution in [3.8, 4) is 11.7 Å². The zero-order valence-corrected chi connectivity index (χ0v) is 8.28. The van der Waals surface area contributed by atoms with Crippen molar-refractivity contribution in [3.63, 3.8) is 0 Å². The molecule has 5 heteroatoms. The molecule has 0 spiro atoms. The monoisotopic (exact) mass is 212 g/mol. The number of hydrogen-bond donors (Lipinski definition) is 1. The molecule has 0 aliphatic heterocycles. The van der Waals surface area contributed by atoms with Crippen LogP contribution in [0.25, 0.3) is 16.9 Å². The molecule has 1 aromatic carbocycles. The van der Waals surface area contributed by atoms with Gasteiger partial charge in [-0.15, -0.1) is 0 Å². The third-order valence-electron chi connectivity index (χ3n) is 2.29. The summed E-state index contributed by atoms with van der Waals surface area (Å²) < 4.78 is 1.55. The Kier molecular flexibility index (Phi) is 1.83. The van der Waals surface area contributed by atoms with E-state index in [1.807, 2.05) is 6.07 Å². The van der Waals surface area contributed by atoms with Crippen molar-refractivity contribution in [2.45, 2.75) is 0 Å². The van der Waals surface area contributed by atoms with Gasteiger partial charge < -0.3 is 5.11 Å². The van der Waals surface area contributed by atoms with E-state index in [0.717, 1.165) is 5.39 Å². The van der Waals surface area contributed by atoms with Crippen LogP contribution >= 0.6 is 0 Å². The number of phenols is 1. The summed E-state index contributed by atoms with van der Waals surface area (Å²) in [4.78, 5) is 8.43. The maximum absolute atomic E-state index is 9.67. The lowest BCUT2D eigenvalue weighted by Crippen LogP contribution is -2.01. The van der Waals surface area contributed by atoms with Gasteiger partial charge in [0, 0.05) is 24.0 Å². The van der Waals surface area contributed by atoms with Crippen molar-refractivity contribution in [2.24, 2.45) is 0 Å². The van der Waals surface area contributed by atoms with Gasteiger partial charge in [0.2, 0.25) is 0 Å². The SMILES string of the molecule is Oc1cccc2cnc(-n3cccn3)nc12. The molecule has 3 aromatic rings. The number of aromatic nitrogens is 4. The van der Waals surface area contributed by atoms with E-state index in [1.54, 1.807) is 41.5 Å². The molecule has 0 bridgehead atoms. The summed E-state index contributed by atoms with van der Waals surface area (Å²) in [5.74, 6) is 0.590. The van der Waals surface area contributed by atoms with Gasteiger partial charge in [-0.2, -0.15) is 5.10 Å². The van der Waals surface area contributed by atoms with Gasteiger partial charge in [0.25, 0.3) is 5.95 Å². The van der Waals surface area contributed by atoms with Crippen LogP contribution in [0, 0.1) is 0 Å². The molecule has 0 fully saturated rings. The second kappa shape index (κ2) is 3.30. The Labute approximate surface area is 91.0 Å². The van der Waals surface area contributed by atoms with Crippen LogP contribution in [0.2, 0.25) is 0 Å². The number of hydrogen-bond acceptors (Lipinski definition) is 4. The van der Waals surface area contributed by atoms with Gasteiger partial charge in [0.05, 0.1) is 0 Å². The molecule has 0 atom stereocenters. The smallest absolute Gasteiger partial charge is 0.251 e. The summed E-state index contributed by atoms with van der Waals surface area (Å²) >= 11 is 0. The Balaban J connectivity index is 2.27. The second-order valence-corrected chi connectivity index (χ2v) is 3.34. The van der Waals surface area contributed by atoms with E-state index in [1.165, 1.54) is 0 Å². The van der Waals surface area contributed by atoms with Crippen LogP contribution in [-0.2, 0) is 0 Å². The molecule has 0 amide bonds. The summed E-state index contributed by atoms with van der Waals surface area (Å²) in [6.45, 7) is 0. The van der Waals surface area contributed by atoms with Crippen LogP contribution in [0.5, 0.6) is 5.75 Å². The van der Waals surface area contributed by atoms with Gasteiger partial charge in [-0.05, 0) is 12.1 Å². The first-order valence-electron chi connectivity index (χ1n) is 4.79. The average molecular weight is 212 g/mol. The Morgan fingerprint density at radius 1 is 1.19 bits per heavy atom. The number of phenolic OH excluding ortho intramolecular Hbond substituents is 1. The van der Waals surface area contributed by atoms with Gasteiger partial charge in [0.1, 0.15) is 11.3 Å². The fourth-order valence-electron chi connectivity index (χ4n) is 1.53. The fraction of sp³-hybridized carbons (Fsp3) is 0. The molecular weight excluding hydrogens is 204 g/mol. The highest BCUT2D eigenvalue weighted by Crippen LogP contribution is 2.21. The van der Waals surface area contributed by atoms with Gasteiger partial charge in [-0.25, -0.2) is 14.6 Å². The van der Waals surface area contributed by atoms with Crippen molar-refractivity contribution < 1.29 is 5.11 Å². The largest absolute Gasteiger partial charge is 0.506 e. The van der Waals surface area contributed by atoms with Gasteiger partial charge >= 0.3 is 0 Å². The van der Waals surface area contributed by atoms with Gasteiger partial charge in [-0.1, -0.05) is 12.1 Å². The van der Waals surface area contributed by atoms with Crippen molar-refractivity contribution in [3.05, 3.63) is 42.9 Å². The summed E-state index contributed by atoms with van der Waals surface area (Å²) in [5.41, 5.74) is 0.531. The van der Waals surface area contributed by atoms with E-state index in [2.05, 4.69) is 15.1 Å². The molecule has 5 nitrogen and oxygen atoms in total. The van der Waals surface area contributed by atoms with Gasteiger partial charge in [0.15, 0.2) is 0 Å². The minimum Gasteiger partial charge on any atom is -0.506 e. The van der Waals surface area contributed by atoms with E-state index in [9.17, 15) is 5.11 Å². The normalized spacial score (nSPS) is 10.8. The summed E-state index contributed by atoms with van der Waals surface area (Å²) in [6, 6.07) is 7.00. The first-order chi connectivity index (χ1) is 7.84. The van der Waals surface area contributed by atoms with Crippen LogP contribution < -0.4 is 0 Å². The fourth-order valence-corrected chi connectivity index (χ4v) is 1.53. The first-order valence-corrected chi connectivity index (χ1v) is 4.79. The lowest BCUT2D eigenvalue weighted by atomic mass is 10.2. The van der Waals surface area contributed by atoms with Gasteiger partial charge in [-0.3, -0.25) is 0 Å². The number of rotatable bonds is 1. The minimum atomic E-state index is 0.147. The predicted molar refractivity (Wildman–Crippen MR) is 58.3 cm³/mol. The highest BCUT2D eigenvalue weighted by atomic mass is 16.3. The number of nitrogens with zero attached hydrogens (tertiary/aromatic N) is 4. The summed E-state index contributed by atoms with van der Waals surface area (Å²) in [7, 11) is 0. The summed E-state index contributed by atoms with van der Waals surface area (Å²) in [6.07, 6.45) is 5.07. The summed E-state index contributed by atoms with van der Waals surface area (Å²) in [5, 5.41) is 14.5. The quantitative estimate of drug-likeness (QED) is 0.664. The minimum absolute atomic E-state index is 0.147. The van der Waals surface area contributed by atoms with Crippen molar-refractivity contribution in [1.82, 2.24) is 19.7 Å². The number of aromatic hydroxyl groups is 1. The van der Waals surface area contributed by atoms with E-state index >= 15 is 0 Å². The molecule has 1 N–H and O–H groups in total. The first kappa shape index (κ1) is 8.84. The Hall–Kier alpha value is -2.43. The highest BCUT2D eigenvalue weighted by Gasteiger charge is 2.05. The van der Waals surface area contributed by atoms with Crippen LogP contribution in [-0.4, -0.2) is 24.9 Å². The molecule has 0 aliphatic rings. The van der Waals surface area contributed by atoms with E-state index < -0.39 is 0 Å². The van der Waals surface area contributed by atoms with Crippen LogP contribution in [0.1, 0.15) is 0 Å². The standard InChI is InChI=1S/C11H8N4O/c16-9-4-1-3-8-7-12-11(14-10(8)9)15-6-2-5-13-15/h1-7,16H. The number of benzene rings is 1. The van der Waals surface area contributed by atoms with E-state index in [4.69, 9.17) is 0 Å². The Morgan fingerprint density at radius 2 is 2.12 bits per heavy atom. The van der Waals surface area contributed by atoms with Crippen molar-refractivity contribution in [2.75, 3.05) is 0 Å². The highest BCUT2D eigenvalue weighted by molar-refractivity contribution is 5.83. The second-order valence-electron chi connectivity index (χ2n) is 3.34. The van der Waals surface area contributed by atoms with Crippen LogP contribution in [0.4, 0.5) is 0 Å². The molecule has 78 valence electrons. The molecule has 16 heavy (non-hydrogen) atoms. The third kappa shape index (κ3) is 1.30. The molecule has 0 radical (unpaired) electrons. The molecule has 2 heterocycles. The van der Waals surface area contributed by atoms with Crippen molar-refractivity contribution >= 4 is 10.9 Å². The number of para-hydroxylation sites is 1.